The summed E-state index contributed by atoms with van der Waals surface area (Å²) in [6.07, 6.45) is -4.44. The average Bonchev–Trinajstić information content (AvgIpc) is 2.40. The first-order chi connectivity index (χ1) is 9.77. The van der Waals surface area contributed by atoms with E-state index in [0.717, 1.165) is 12.1 Å². The number of pyridine rings is 1. The van der Waals surface area contributed by atoms with Crippen LogP contribution in [-0.4, -0.2) is 10.1 Å². The second kappa shape index (κ2) is 5.81. The van der Waals surface area contributed by atoms with Gasteiger partial charge in [0.25, 0.3) is 0 Å². The Kier molecular flexibility index (Phi) is 4.27. The molecule has 112 valence electrons. The van der Waals surface area contributed by atoms with Crippen LogP contribution in [0.5, 0.6) is 5.75 Å². The standard InChI is InChI=1S/C14H12ClF3N2O/c1-8-2-5-13(21)12(20-8)7-19-11-6-9(14(16,17)18)3-4-10(11)15/h2-6,19,21H,7H2,1H3. The highest BCUT2D eigenvalue weighted by molar-refractivity contribution is 6.33. The van der Waals surface area contributed by atoms with Gasteiger partial charge in [-0.05, 0) is 37.3 Å². The summed E-state index contributed by atoms with van der Waals surface area (Å²) >= 11 is 5.87. The van der Waals surface area contributed by atoms with Crippen LogP contribution in [0.25, 0.3) is 0 Å². The van der Waals surface area contributed by atoms with Crippen LogP contribution in [0, 0.1) is 6.92 Å². The van der Waals surface area contributed by atoms with Crippen molar-refractivity contribution in [2.75, 3.05) is 5.32 Å². The number of hydrogen-bond acceptors (Lipinski definition) is 3. The summed E-state index contributed by atoms with van der Waals surface area (Å²) in [6.45, 7) is 1.81. The molecule has 0 aliphatic carbocycles. The number of anilines is 1. The zero-order valence-electron chi connectivity index (χ0n) is 11.0. The first-order valence-corrected chi connectivity index (χ1v) is 6.41. The number of halogens is 4. The van der Waals surface area contributed by atoms with Gasteiger partial charge in [-0.1, -0.05) is 11.6 Å². The number of aromatic nitrogens is 1. The van der Waals surface area contributed by atoms with Crippen molar-refractivity contribution in [2.24, 2.45) is 0 Å². The summed E-state index contributed by atoms with van der Waals surface area (Å²) in [4.78, 5) is 4.11. The number of hydrogen-bond donors (Lipinski definition) is 2. The van der Waals surface area contributed by atoms with Gasteiger partial charge in [0.15, 0.2) is 0 Å². The molecule has 1 aromatic carbocycles. The highest BCUT2D eigenvalue weighted by Gasteiger charge is 2.30. The van der Waals surface area contributed by atoms with E-state index in [1.165, 1.54) is 12.1 Å². The molecule has 0 bridgehead atoms. The van der Waals surface area contributed by atoms with Gasteiger partial charge in [-0.2, -0.15) is 13.2 Å². The lowest BCUT2D eigenvalue weighted by Gasteiger charge is -2.13. The molecular formula is C14H12ClF3N2O. The third kappa shape index (κ3) is 3.78. The first-order valence-electron chi connectivity index (χ1n) is 6.03. The molecule has 1 aromatic heterocycles. The number of rotatable bonds is 3. The van der Waals surface area contributed by atoms with E-state index in [1.54, 1.807) is 13.0 Å². The van der Waals surface area contributed by atoms with Crippen molar-refractivity contribution in [3.8, 4) is 5.75 Å². The van der Waals surface area contributed by atoms with Gasteiger partial charge in [0.05, 0.1) is 22.8 Å². The predicted octanol–water partition coefficient (Wildman–Crippen LogP) is 4.38. The summed E-state index contributed by atoms with van der Waals surface area (Å²) in [5.41, 5.74) is 0.369. The highest BCUT2D eigenvalue weighted by atomic mass is 35.5. The number of aryl methyl sites for hydroxylation is 1. The molecule has 2 N–H and O–H groups in total. The summed E-state index contributed by atoms with van der Waals surface area (Å²) in [5.74, 6) is -0.0313. The van der Waals surface area contributed by atoms with Crippen molar-refractivity contribution in [1.82, 2.24) is 4.98 Å². The van der Waals surface area contributed by atoms with Gasteiger partial charge in [0.1, 0.15) is 11.4 Å². The zero-order valence-corrected chi connectivity index (χ0v) is 11.8. The van der Waals surface area contributed by atoms with E-state index in [-0.39, 0.29) is 23.0 Å². The molecule has 0 aliphatic rings. The lowest BCUT2D eigenvalue weighted by atomic mass is 10.2. The van der Waals surface area contributed by atoms with Gasteiger partial charge in [-0.15, -0.1) is 0 Å². The SMILES string of the molecule is Cc1ccc(O)c(CNc2cc(C(F)(F)F)ccc2Cl)n1. The fraction of sp³-hybridized carbons (Fsp3) is 0.214. The molecule has 1 heterocycles. The maximum atomic E-state index is 12.7. The Balaban J connectivity index is 2.22. The van der Waals surface area contributed by atoms with Gasteiger partial charge < -0.3 is 10.4 Å². The number of nitrogens with one attached hydrogen (secondary N) is 1. The molecule has 2 rings (SSSR count). The molecule has 21 heavy (non-hydrogen) atoms. The lowest BCUT2D eigenvalue weighted by Crippen LogP contribution is -2.07. The van der Waals surface area contributed by atoms with Crippen LogP contribution in [0.4, 0.5) is 18.9 Å². The van der Waals surface area contributed by atoms with Crippen molar-refractivity contribution in [2.45, 2.75) is 19.6 Å². The molecule has 0 fully saturated rings. The topological polar surface area (TPSA) is 45.1 Å². The molecule has 0 saturated heterocycles. The molecule has 0 aliphatic heterocycles. The van der Waals surface area contributed by atoms with Crippen molar-refractivity contribution < 1.29 is 18.3 Å². The van der Waals surface area contributed by atoms with Crippen LogP contribution in [0.2, 0.25) is 5.02 Å². The Bertz CT molecular complexity index is 659. The van der Waals surface area contributed by atoms with Gasteiger partial charge in [-0.3, -0.25) is 4.98 Å². The average molecular weight is 317 g/mol. The molecule has 0 saturated carbocycles. The molecule has 0 unspecified atom stereocenters. The summed E-state index contributed by atoms with van der Waals surface area (Å²) in [5, 5.41) is 12.6. The van der Waals surface area contributed by atoms with Crippen molar-refractivity contribution in [1.29, 1.82) is 0 Å². The Hall–Kier alpha value is -1.95. The van der Waals surface area contributed by atoms with Crippen LogP contribution < -0.4 is 5.32 Å². The molecule has 0 amide bonds. The molecular weight excluding hydrogens is 305 g/mol. The third-order valence-corrected chi connectivity index (χ3v) is 3.16. The minimum atomic E-state index is -4.44. The van der Waals surface area contributed by atoms with Crippen LogP contribution >= 0.6 is 11.6 Å². The van der Waals surface area contributed by atoms with E-state index >= 15 is 0 Å². The van der Waals surface area contributed by atoms with Gasteiger partial charge in [0.2, 0.25) is 0 Å². The van der Waals surface area contributed by atoms with E-state index in [0.29, 0.717) is 11.4 Å². The lowest BCUT2D eigenvalue weighted by molar-refractivity contribution is -0.137. The largest absolute Gasteiger partial charge is 0.506 e. The fourth-order valence-corrected chi connectivity index (χ4v) is 1.93. The monoisotopic (exact) mass is 316 g/mol. The Labute approximate surface area is 124 Å². The normalized spacial score (nSPS) is 11.5. The maximum absolute atomic E-state index is 12.7. The second-order valence-electron chi connectivity index (χ2n) is 4.46. The summed E-state index contributed by atoms with van der Waals surface area (Å²) in [6, 6.07) is 6.13. The van der Waals surface area contributed by atoms with Gasteiger partial charge in [0, 0.05) is 5.69 Å². The van der Waals surface area contributed by atoms with Crippen LogP contribution in [0.15, 0.2) is 30.3 Å². The third-order valence-electron chi connectivity index (χ3n) is 2.83. The first kappa shape index (κ1) is 15.4. The quantitative estimate of drug-likeness (QED) is 0.883. The highest BCUT2D eigenvalue weighted by Crippen LogP contribution is 2.34. The van der Waals surface area contributed by atoms with E-state index < -0.39 is 11.7 Å². The molecule has 3 nitrogen and oxygen atoms in total. The zero-order chi connectivity index (χ0) is 15.6. The fourth-order valence-electron chi connectivity index (χ4n) is 1.75. The van der Waals surface area contributed by atoms with E-state index in [4.69, 9.17) is 11.6 Å². The van der Waals surface area contributed by atoms with Crippen molar-refractivity contribution >= 4 is 17.3 Å². The van der Waals surface area contributed by atoms with Crippen LogP contribution in [-0.2, 0) is 12.7 Å². The van der Waals surface area contributed by atoms with Crippen molar-refractivity contribution in [3.05, 3.63) is 52.3 Å². The van der Waals surface area contributed by atoms with Crippen LogP contribution in [0.3, 0.4) is 0 Å². The minimum absolute atomic E-state index is 0.0313. The Morgan fingerprint density at radius 3 is 2.62 bits per heavy atom. The second-order valence-corrected chi connectivity index (χ2v) is 4.87. The Morgan fingerprint density at radius 1 is 1.24 bits per heavy atom. The molecule has 7 heteroatoms. The van der Waals surface area contributed by atoms with E-state index in [1.807, 2.05) is 0 Å². The molecule has 0 spiro atoms. The van der Waals surface area contributed by atoms with Gasteiger partial charge in [-0.25, -0.2) is 0 Å². The minimum Gasteiger partial charge on any atom is -0.506 e. The molecule has 2 aromatic rings. The summed E-state index contributed by atoms with van der Waals surface area (Å²) in [7, 11) is 0. The van der Waals surface area contributed by atoms with Crippen LogP contribution in [0.1, 0.15) is 17.0 Å². The van der Waals surface area contributed by atoms with E-state index in [9.17, 15) is 18.3 Å². The Morgan fingerprint density at radius 2 is 1.95 bits per heavy atom. The van der Waals surface area contributed by atoms with Gasteiger partial charge >= 0.3 is 6.18 Å². The van der Waals surface area contributed by atoms with E-state index in [2.05, 4.69) is 10.3 Å². The summed E-state index contributed by atoms with van der Waals surface area (Å²) < 4.78 is 38.0. The number of benzene rings is 1. The maximum Gasteiger partial charge on any atom is 0.416 e. The number of aromatic hydroxyl groups is 1. The van der Waals surface area contributed by atoms with Crippen molar-refractivity contribution in [3.63, 3.8) is 0 Å². The molecule has 0 radical (unpaired) electrons. The smallest absolute Gasteiger partial charge is 0.416 e. The number of alkyl halides is 3. The number of nitrogens with zero attached hydrogens (tertiary/aromatic N) is 1. The molecule has 0 atom stereocenters. The predicted molar refractivity (Wildman–Crippen MR) is 74.4 cm³/mol.